The molecule has 1 heterocycles. The molecular formula is C14H29N. The Kier molecular flexibility index (Phi) is 4.64. The van der Waals surface area contributed by atoms with Crippen LogP contribution in [0.1, 0.15) is 48.0 Å². The van der Waals surface area contributed by atoms with Crippen LogP contribution in [0.3, 0.4) is 0 Å². The van der Waals surface area contributed by atoms with Crippen LogP contribution in [0.15, 0.2) is 0 Å². The van der Waals surface area contributed by atoms with Crippen molar-refractivity contribution in [3.05, 3.63) is 0 Å². The minimum atomic E-state index is 0.743. The smallest absolute Gasteiger partial charge is 0.00930 e. The summed E-state index contributed by atoms with van der Waals surface area (Å²) in [6.07, 6.45) is 1.37. The molecule has 0 saturated carbocycles. The molecule has 1 aliphatic rings. The average Bonchev–Trinajstić information content (AvgIpc) is 2.16. The highest BCUT2D eigenvalue weighted by Crippen LogP contribution is 2.35. The number of piperidine rings is 1. The van der Waals surface area contributed by atoms with Gasteiger partial charge in [-0.25, -0.2) is 0 Å². The van der Waals surface area contributed by atoms with Crippen molar-refractivity contribution in [3.8, 4) is 0 Å². The Labute approximate surface area is 96.0 Å². The molecule has 0 aliphatic carbocycles. The predicted molar refractivity (Wildman–Crippen MR) is 67.9 cm³/mol. The maximum absolute atomic E-state index is 3.73. The van der Waals surface area contributed by atoms with Gasteiger partial charge < -0.3 is 5.32 Å². The van der Waals surface area contributed by atoms with Gasteiger partial charge in [-0.15, -0.1) is 0 Å². The monoisotopic (exact) mass is 211 g/mol. The van der Waals surface area contributed by atoms with Gasteiger partial charge in [-0.1, -0.05) is 41.5 Å². The van der Waals surface area contributed by atoms with Crippen molar-refractivity contribution in [2.75, 3.05) is 6.54 Å². The zero-order valence-corrected chi connectivity index (χ0v) is 11.4. The molecule has 0 aromatic rings. The van der Waals surface area contributed by atoms with E-state index in [1.807, 2.05) is 0 Å². The first-order valence-corrected chi connectivity index (χ1v) is 6.66. The van der Waals surface area contributed by atoms with Crippen LogP contribution in [0.5, 0.6) is 0 Å². The Morgan fingerprint density at radius 2 is 1.33 bits per heavy atom. The zero-order chi connectivity index (χ0) is 11.6. The molecule has 0 amide bonds. The standard InChI is InChI=1S/C14H29N/c1-9(2)12-7-14(11(5)6)15-8-13(12)10(3)4/h9-15H,7-8H2,1-6H3. The van der Waals surface area contributed by atoms with Crippen molar-refractivity contribution in [2.45, 2.75) is 54.0 Å². The van der Waals surface area contributed by atoms with E-state index in [2.05, 4.69) is 46.9 Å². The largest absolute Gasteiger partial charge is 0.313 e. The Bertz CT molecular complexity index is 184. The molecule has 1 rings (SSSR count). The van der Waals surface area contributed by atoms with E-state index in [1.54, 1.807) is 0 Å². The third-order valence-electron chi connectivity index (χ3n) is 4.21. The highest BCUT2D eigenvalue weighted by molar-refractivity contribution is 4.88. The molecule has 0 bridgehead atoms. The highest BCUT2D eigenvalue weighted by Gasteiger charge is 2.34. The number of rotatable bonds is 3. The molecule has 0 spiro atoms. The lowest BCUT2D eigenvalue weighted by atomic mass is 9.70. The first-order chi connectivity index (χ1) is 6.93. The summed E-state index contributed by atoms with van der Waals surface area (Å²) in [4.78, 5) is 0. The Morgan fingerprint density at radius 1 is 0.800 bits per heavy atom. The summed E-state index contributed by atoms with van der Waals surface area (Å²) in [7, 11) is 0. The van der Waals surface area contributed by atoms with Gasteiger partial charge in [-0.05, 0) is 42.6 Å². The first kappa shape index (κ1) is 13.0. The average molecular weight is 211 g/mol. The van der Waals surface area contributed by atoms with E-state index in [4.69, 9.17) is 0 Å². The summed E-state index contributed by atoms with van der Waals surface area (Å²) in [5.74, 6) is 4.22. The molecule has 15 heavy (non-hydrogen) atoms. The third-order valence-corrected chi connectivity index (χ3v) is 4.21. The molecular weight excluding hydrogens is 182 g/mol. The molecule has 1 N–H and O–H groups in total. The van der Waals surface area contributed by atoms with E-state index >= 15 is 0 Å². The number of hydrogen-bond donors (Lipinski definition) is 1. The van der Waals surface area contributed by atoms with Gasteiger partial charge in [-0.3, -0.25) is 0 Å². The van der Waals surface area contributed by atoms with Crippen molar-refractivity contribution < 1.29 is 0 Å². The summed E-state index contributed by atoms with van der Waals surface area (Å²) in [5, 5.41) is 3.73. The van der Waals surface area contributed by atoms with Gasteiger partial charge in [0.25, 0.3) is 0 Å². The SMILES string of the molecule is CC(C)C1CC(C(C)C)C(C(C)C)CN1. The summed E-state index contributed by atoms with van der Waals surface area (Å²) in [5.41, 5.74) is 0. The molecule has 0 aromatic carbocycles. The van der Waals surface area contributed by atoms with Gasteiger partial charge in [0.2, 0.25) is 0 Å². The van der Waals surface area contributed by atoms with E-state index in [9.17, 15) is 0 Å². The van der Waals surface area contributed by atoms with Gasteiger partial charge in [0.1, 0.15) is 0 Å². The second-order valence-corrected chi connectivity index (χ2v) is 6.31. The Hall–Kier alpha value is -0.0400. The van der Waals surface area contributed by atoms with Crippen molar-refractivity contribution in [1.82, 2.24) is 5.32 Å². The highest BCUT2D eigenvalue weighted by atomic mass is 14.9. The van der Waals surface area contributed by atoms with Gasteiger partial charge in [0, 0.05) is 6.04 Å². The van der Waals surface area contributed by atoms with Crippen LogP contribution in [0.2, 0.25) is 0 Å². The van der Waals surface area contributed by atoms with Crippen molar-refractivity contribution in [3.63, 3.8) is 0 Å². The van der Waals surface area contributed by atoms with Crippen LogP contribution in [0.25, 0.3) is 0 Å². The van der Waals surface area contributed by atoms with Crippen molar-refractivity contribution in [1.29, 1.82) is 0 Å². The summed E-state index contributed by atoms with van der Waals surface area (Å²) < 4.78 is 0. The maximum Gasteiger partial charge on any atom is 0.00930 e. The summed E-state index contributed by atoms with van der Waals surface area (Å²) >= 11 is 0. The number of nitrogens with one attached hydrogen (secondary N) is 1. The molecule has 0 radical (unpaired) electrons. The molecule has 3 unspecified atom stereocenters. The molecule has 1 aliphatic heterocycles. The van der Waals surface area contributed by atoms with Crippen LogP contribution < -0.4 is 5.32 Å². The van der Waals surface area contributed by atoms with Crippen LogP contribution in [0.4, 0.5) is 0 Å². The molecule has 0 aromatic heterocycles. The lowest BCUT2D eigenvalue weighted by Gasteiger charge is -2.42. The molecule has 1 heteroatoms. The molecule has 1 saturated heterocycles. The lowest BCUT2D eigenvalue weighted by Crippen LogP contribution is -2.49. The maximum atomic E-state index is 3.73. The lowest BCUT2D eigenvalue weighted by molar-refractivity contribution is 0.107. The fraction of sp³-hybridized carbons (Fsp3) is 1.00. The van der Waals surface area contributed by atoms with Crippen LogP contribution >= 0.6 is 0 Å². The summed E-state index contributed by atoms with van der Waals surface area (Å²) in [6.45, 7) is 15.4. The van der Waals surface area contributed by atoms with Crippen LogP contribution in [-0.2, 0) is 0 Å². The minimum Gasteiger partial charge on any atom is -0.313 e. The van der Waals surface area contributed by atoms with Gasteiger partial charge in [0.15, 0.2) is 0 Å². The van der Waals surface area contributed by atoms with E-state index < -0.39 is 0 Å². The molecule has 1 nitrogen and oxygen atoms in total. The zero-order valence-electron chi connectivity index (χ0n) is 11.4. The second-order valence-electron chi connectivity index (χ2n) is 6.31. The normalized spacial score (nSPS) is 33.0. The van der Waals surface area contributed by atoms with E-state index in [0.717, 1.165) is 35.6 Å². The summed E-state index contributed by atoms with van der Waals surface area (Å²) in [6, 6.07) is 0.743. The van der Waals surface area contributed by atoms with Gasteiger partial charge in [-0.2, -0.15) is 0 Å². The topological polar surface area (TPSA) is 12.0 Å². The van der Waals surface area contributed by atoms with Crippen LogP contribution in [-0.4, -0.2) is 12.6 Å². The first-order valence-electron chi connectivity index (χ1n) is 6.66. The second kappa shape index (κ2) is 5.34. The Balaban J connectivity index is 2.65. The van der Waals surface area contributed by atoms with Gasteiger partial charge >= 0.3 is 0 Å². The number of hydrogen-bond acceptors (Lipinski definition) is 1. The van der Waals surface area contributed by atoms with Crippen molar-refractivity contribution >= 4 is 0 Å². The third kappa shape index (κ3) is 3.21. The van der Waals surface area contributed by atoms with Crippen molar-refractivity contribution in [2.24, 2.45) is 29.6 Å². The predicted octanol–water partition coefficient (Wildman–Crippen LogP) is 3.55. The van der Waals surface area contributed by atoms with Gasteiger partial charge in [0.05, 0.1) is 0 Å². The molecule has 90 valence electrons. The molecule has 3 atom stereocenters. The minimum absolute atomic E-state index is 0.743. The van der Waals surface area contributed by atoms with Crippen LogP contribution in [0, 0.1) is 29.6 Å². The Morgan fingerprint density at radius 3 is 1.73 bits per heavy atom. The van der Waals surface area contributed by atoms with E-state index in [-0.39, 0.29) is 0 Å². The molecule has 1 fully saturated rings. The quantitative estimate of drug-likeness (QED) is 0.753. The van der Waals surface area contributed by atoms with E-state index in [0.29, 0.717) is 0 Å². The fourth-order valence-corrected chi connectivity index (χ4v) is 2.99. The van der Waals surface area contributed by atoms with E-state index in [1.165, 1.54) is 13.0 Å². The fourth-order valence-electron chi connectivity index (χ4n) is 2.99.